The van der Waals surface area contributed by atoms with E-state index in [1.165, 1.54) is 16.7 Å². The van der Waals surface area contributed by atoms with Crippen molar-refractivity contribution in [3.05, 3.63) is 0 Å². The van der Waals surface area contributed by atoms with Gasteiger partial charge in [-0.15, -0.1) is 11.8 Å². The van der Waals surface area contributed by atoms with Crippen LogP contribution in [0.1, 0.15) is 19.3 Å². The van der Waals surface area contributed by atoms with E-state index in [1.54, 1.807) is 0 Å². The van der Waals surface area contributed by atoms with E-state index in [2.05, 4.69) is 10.6 Å². The smallest absolute Gasteiger partial charge is 0.242 e. The summed E-state index contributed by atoms with van der Waals surface area (Å²) >= 11 is 1.50. The van der Waals surface area contributed by atoms with Crippen molar-refractivity contribution in [2.75, 3.05) is 24.7 Å². The van der Waals surface area contributed by atoms with Crippen molar-refractivity contribution in [3.8, 4) is 0 Å². The van der Waals surface area contributed by atoms with E-state index in [-0.39, 0.29) is 24.3 Å². The van der Waals surface area contributed by atoms with E-state index >= 15 is 0 Å². The molecule has 2 aliphatic rings. The topological polar surface area (TPSA) is 78.5 Å². The second-order valence-corrected chi connectivity index (χ2v) is 5.43. The van der Waals surface area contributed by atoms with Gasteiger partial charge in [-0.25, -0.2) is 0 Å². The van der Waals surface area contributed by atoms with Crippen molar-refractivity contribution in [2.24, 2.45) is 0 Å². The largest absolute Gasteiger partial charge is 0.354 e. The van der Waals surface area contributed by atoms with Crippen LogP contribution >= 0.6 is 11.8 Å². The summed E-state index contributed by atoms with van der Waals surface area (Å²) in [6.45, 7) is 0.724. The molecule has 1 atom stereocenters. The van der Waals surface area contributed by atoms with Crippen LogP contribution in [-0.4, -0.2) is 53.4 Å². The lowest BCUT2D eigenvalue weighted by molar-refractivity contribution is -0.134. The Kier molecular flexibility index (Phi) is 4.46. The number of hydrogen-bond acceptors (Lipinski definition) is 4. The molecule has 100 valence electrons. The first kappa shape index (κ1) is 13.2. The average Bonchev–Trinajstić information content (AvgIpc) is 2.61. The van der Waals surface area contributed by atoms with Crippen molar-refractivity contribution in [2.45, 2.75) is 25.3 Å². The first-order valence-electron chi connectivity index (χ1n) is 6.09. The fraction of sp³-hybridized carbons (Fsp3) is 0.727. The normalized spacial score (nSPS) is 24.7. The van der Waals surface area contributed by atoms with E-state index < -0.39 is 6.04 Å². The number of amides is 3. The minimum atomic E-state index is -0.453. The molecule has 2 aliphatic heterocycles. The van der Waals surface area contributed by atoms with Gasteiger partial charge in [-0.2, -0.15) is 0 Å². The average molecular weight is 271 g/mol. The minimum absolute atomic E-state index is 0.0135. The van der Waals surface area contributed by atoms with Gasteiger partial charge < -0.3 is 15.5 Å². The SMILES string of the molecule is O=C(CN1CSCC1=O)NC1CCCCNC1=O. The van der Waals surface area contributed by atoms with Gasteiger partial charge in [0.1, 0.15) is 12.6 Å². The van der Waals surface area contributed by atoms with Gasteiger partial charge in [0.25, 0.3) is 0 Å². The van der Waals surface area contributed by atoms with Gasteiger partial charge in [0.05, 0.1) is 11.6 Å². The number of carbonyl (C=O) groups is 3. The number of carbonyl (C=O) groups excluding carboxylic acids is 3. The molecular formula is C11H17N3O3S. The fourth-order valence-electron chi connectivity index (χ4n) is 2.03. The molecule has 1 unspecified atom stereocenters. The Morgan fingerprint density at radius 3 is 3.00 bits per heavy atom. The second-order valence-electron chi connectivity index (χ2n) is 4.48. The summed E-state index contributed by atoms with van der Waals surface area (Å²) in [5, 5.41) is 5.47. The third-order valence-corrected chi connectivity index (χ3v) is 3.98. The van der Waals surface area contributed by atoms with Gasteiger partial charge in [0.15, 0.2) is 0 Å². The molecule has 0 aromatic carbocycles. The zero-order chi connectivity index (χ0) is 13.0. The second kappa shape index (κ2) is 6.08. The molecule has 2 N–H and O–H groups in total. The van der Waals surface area contributed by atoms with Crippen molar-refractivity contribution in [1.82, 2.24) is 15.5 Å². The van der Waals surface area contributed by atoms with Crippen molar-refractivity contribution in [1.29, 1.82) is 0 Å². The Morgan fingerprint density at radius 1 is 1.44 bits per heavy atom. The number of nitrogens with one attached hydrogen (secondary N) is 2. The molecule has 6 nitrogen and oxygen atoms in total. The van der Waals surface area contributed by atoms with Crippen LogP contribution < -0.4 is 10.6 Å². The molecule has 7 heteroatoms. The highest BCUT2D eigenvalue weighted by atomic mass is 32.2. The molecule has 0 aromatic rings. The Morgan fingerprint density at radius 2 is 2.28 bits per heavy atom. The van der Waals surface area contributed by atoms with E-state index in [1.807, 2.05) is 0 Å². The molecule has 2 fully saturated rings. The van der Waals surface area contributed by atoms with Crippen molar-refractivity contribution in [3.63, 3.8) is 0 Å². The monoisotopic (exact) mass is 271 g/mol. The van der Waals surface area contributed by atoms with Crippen LogP contribution in [0.5, 0.6) is 0 Å². The molecule has 0 bridgehead atoms. The Balaban J connectivity index is 1.82. The number of rotatable bonds is 3. The van der Waals surface area contributed by atoms with Gasteiger partial charge >= 0.3 is 0 Å². The molecule has 0 saturated carbocycles. The predicted molar refractivity (Wildman–Crippen MR) is 67.8 cm³/mol. The van der Waals surface area contributed by atoms with Crippen LogP contribution in [0, 0.1) is 0 Å². The quantitative estimate of drug-likeness (QED) is 0.712. The summed E-state index contributed by atoms with van der Waals surface area (Å²) in [5.74, 6) is 0.608. The van der Waals surface area contributed by atoms with Crippen LogP contribution in [0.2, 0.25) is 0 Å². The van der Waals surface area contributed by atoms with E-state index in [4.69, 9.17) is 0 Å². The zero-order valence-corrected chi connectivity index (χ0v) is 10.9. The molecule has 2 saturated heterocycles. The molecule has 18 heavy (non-hydrogen) atoms. The van der Waals surface area contributed by atoms with Crippen LogP contribution in [0.3, 0.4) is 0 Å². The summed E-state index contributed by atoms with van der Waals surface area (Å²) in [4.78, 5) is 36.3. The summed E-state index contributed by atoms with van der Waals surface area (Å²) in [6, 6.07) is -0.453. The van der Waals surface area contributed by atoms with E-state index in [0.717, 1.165) is 12.8 Å². The molecule has 2 rings (SSSR count). The Labute approximate surface area is 110 Å². The number of hydrogen-bond donors (Lipinski definition) is 2. The lowest BCUT2D eigenvalue weighted by atomic mass is 10.1. The highest BCUT2D eigenvalue weighted by Gasteiger charge is 2.26. The number of thioether (sulfide) groups is 1. The first-order valence-corrected chi connectivity index (χ1v) is 7.25. The maximum atomic E-state index is 11.8. The summed E-state index contributed by atoms with van der Waals surface area (Å²) in [7, 11) is 0. The lowest BCUT2D eigenvalue weighted by Crippen LogP contribution is -2.48. The molecule has 3 amide bonds. The van der Waals surface area contributed by atoms with Crippen LogP contribution in [0.15, 0.2) is 0 Å². The third kappa shape index (κ3) is 3.38. The van der Waals surface area contributed by atoms with Gasteiger partial charge in [0, 0.05) is 6.54 Å². The van der Waals surface area contributed by atoms with Gasteiger partial charge in [-0.1, -0.05) is 0 Å². The Bertz CT molecular complexity index is 361. The number of nitrogens with zero attached hydrogens (tertiary/aromatic N) is 1. The van der Waals surface area contributed by atoms with E-state index in [9.17, 15) is 14.4 Å². The van der Waals surface area contributed by atoms with Gasteiger partial charge in [0.2, 0.25) is 17.7 Å². The summed E-state index contributed by atoms with van der Waals surface area (Å²) < 4.78 is 0. The fourth-order valence-corrected chi connectivity index (χ4v) is 2.93. The molecule has 0 aromatic heterocycles. The summed E-state index contributed by atoms with van der Waals surface area (Å²) in [6.07, 6.45) is 2.53. The van der Waals surface area contributed by atoms with Gasteiger partial charge in [-0.05, 0) is 19.3 Å². The third-order valence-electron chi connectivity index (χ3n) is 3.03. The van der Waals surface area contributed by atoms with Crippen LogP contribution in [-0.2, 0) is 14.4 Å². The lowest BCUT2D eigenvalue weighted by Gasteiger charge is -2.18. The molecule has 0 spiro atoms. The minimum Gasteiger partial charge on any atom is -0.354 e. The summed E-state index contributed by atoms with van der Waals surface area (Å²) in [5.41, 5.74) is 0. The molecule has 0 aliphatic carbocycles. The first-order chi connectivity index (χ1) is 8.66. The maximum Gasteiger partial charge on any atom is 0.242 e. The molecule has 2 heterocycles. The van der Waals surface area contributed by atoms with Crippen LogP contribution in [0.4, 0.5) is 0 Å². The van der Waals surface area contributed by atoms with Crippen LogP contribution in [0.25, 0.3) is 0 Å². The maximum absolute atomic E-state index is 11.8. The zero-order valence-electron chi connectivity index (χ0n) is 10.1. The van der Waals surface area contributed by atoms with Crippen molar-refractivity contribution < 1.29 is 14.4 Å². The molecular weight excluding hydrogens is 254 g/mol. The van der Waals surface area contributed by atoms with E-state index in [0.29, 0.717) is 24.6 Å². The molecule has 0 radical (unpaired) electrons. The standard InChI is InChI=1S/C11H17N3O3S/c15-9(5-14-7-18-6-10(14)16)13-8-3-1-2-4-12-11(8)17/h8H,1-7H2,(H,12,17)(H,13,15). The van der Waals surface area contributed by atoms with Gasteiger partial charge in [-0.3, -0.25) is 14.4 Å². The Hall–Kier alpha value is -1.24. The highest BCUT2D eigenvalue weighted by Crippen LogP contribution is 2.14. The predicted octanol–water partition coefficient (Wildman–Crippen LogP) is -0.696. The van der Waals surface area contributed by atoms with Crippen molar-refractivity contribution >= 4 is 29.5 Å². The highest BCUT2D eigenvalue weighted by molar-refractivity contribution is 8.00.